The van der Waals surface area contributed by atoms with E-state index in [-0.39, 0.29) is 16.7 Å². The van der Waals surface area contributed by atoms with Crippen LogP contribution in [0.1, 0.15) is 28.8 Å². The van der Waals surface area contributed by atoms with Crippen LogP contribution >= 0.6 is 11.3 Å². The molecule has 0 bridgehead atoms. The van der Waals surface area contributed by atoms with Gasteiger partial charge in [0.05, 0.1) is 4.88 Å². The summed E-state index contributed by atoms with van der Waals surface area (Å²) in [4.78, 5) is 14.0. The molecule has 0 saturated heterocycles. The third kappa shape index (κ3) is 2.02. The summed E-state index contributed by atoms with van der Waals surface area (Å²) in [6.45, 7) is 4.00. The van der Waals surface area contributed by atoms with Gasteiger partial charge in [-0.3, -0.25) is 9.78 Å². The summed E-state index contributed by atoms with van der Waals surface area (Å²) in [5, 5.41) is 9.57. The number of benzene rings is 1. The van der Waals surface area contributed by atoms with Crippen molar-refractivity contribution in [3.8, 4) is 5.88 Å². The van der Waals surface area contributed by atoms with E-state index < -0.39 is 0 Å². The van der Waals surface area contributed by atoms with E-state index in [0.717, 1.165) is 16.9 Å². The van der Waals surface area contributed by atoms with Crippen molar-refractivity contribution < 1.29 is 5.11 Å². The lowest BCUT2D eigenvalue weighted by atomic mass is 9.99. The Bertz CT molecular complexity index is 539. The molecule has 0 fully saturated rings. The van der Waals surface area contributed by atoms with Crippen molar-refractivity contribution in [2.24, 2.45) is 0 Å². The standard InChI is InChI=1S/C12H13NO2S/c1-7-3-5-9(6-4-7)8(2)10-11(14)13-12(15)16-10/h3-6,8,14H,1-2H3,(H,13,15). The summed E-state index contributed by atoms with van der Waals surface area (Å²) in [7, 11) is 0. The van der Waals surface area contributed by atoms with Crippen LogP contribution in [0.3, 0.4) is 0 Å². The van der Waals surface area contributed by atoms with Gasteiger partial charge in [0.2, 0.25) is 5.88 Å². The fraction of sp³-hybridized carbons (Fsp3) is 0.250. The zero-order valence-electron chi connectivity index (χ0n) is 9.15. The maximum absolute atomic E-state index is 11.1. The smallest absolute Gasteiger partial charge is 0.307 e. The van der Waals surface area contributed by atoms with Gasteiger partial charge in [0, 0.05) is 5.92 Å². The summed E-state index contributed by atoms with van der Waals surface area (Å²) in [6.07, 6.45) is 0. The first-order chi connectivity index (χ1) is 7.58. The molecular weight excluding hydrogens is 222 g/mol. The quantitative estimate of drug-likeness (QED) is 0.840. The Hall–Kier alpha value is -1.55. The maximum atomic E-state index is 11.1. The Balaban J connectivity index is 2.38. The number of aromatic nitrogens is 1. The number of aryl methyl sites for hydroxylation is 1. The van der Waals surface area contributed by atoms with Gasteiger partial charge in [-0.2, -0.15) is 0 Å². The van der Waals surface area contributed by atoms with Crippen LogP contribution in [0.4, 0.5) is 0 Å². The molecule has 0 saturated carbocycles. The Morgan fingerprint density at radius 3 is 2.44 bits per heavy atom. The predicted octanol–water partition coefficient (Wildman–Crippen LogP) is 2.60. The van der Waals surface area contributed by atoms with Crippen molar-refractivity contribution in [1.82, 2.24) is 4.98 Å². The van der Waals surface area contributed by atoms with Crippen molar-refractivity contribution in [3.63, 3.8) is 0 Å². The fourth-order valence-electron chi connectivity index (χ4n) is 1.63. The summed E-state index contributed by atoms with van der Waals surface area (Å²) < 4.78 is 0. The van der Waals surface area contributed by atoms with Gasteiger partial charge in [-0.15, -0.1) is 0 Å². The zero-order chi connectivity index (χ0) is 11.7. The van der Waals surface area contributed by atoms with Crippen molar-refractivity contribution >= 4 is 11.3 Å². The number of thiazole rings is 1. The minimum Gasteiger partial charge on any atom is -0.494 e. The molecule has 16 heavy (non-hydrogen) atoms. The number of aromatic hydroxyl groups is 1. The van der Waals surface area contributed by atoms with E-state index in [0.29, 0.717) is 4.88 Å². The van der Waals surface area contributed by atoms with Gasteiger partial charge in [0.1, 0.15) is 0 Å². The molecule has 1 heterocycles. The minimum atomic E-state index is -0.216. The van der Waals surface area contributed by atoms with Crippen LogP contribution < -0.4 is 4.87 Å². The molecule has 1 aromatic heterocycles. The number of hydrogen-bond acceptors (Lipinski definition) is 3. The number of hydrogen-bond donors (Lipinski definition) is 2. The lowest BCUT2D eigenvalue weighted by Crippen LogP contribution is -1.93. The second kappa shape index (κ2) is 4.14. The van der Waals surface area contributed by atoms with Crippen molar-refractivity contribution in [3.05, 3.63) is 49.9 Å². The summed E-state index contributed by atoms with van der Waals surface area (Å²) in [5.74, 6) is 0.0209. The molecule has 0 amide bonds. The molecule has 4 heteroatoms. The highest BCUT2D eigenvalue weighted by atomic mass is 32.1. The normalized spacial score (nSPS) is 12.6. The largest absolute Gasteiger partial charge is 0.494 e. The molecule has 1 aromatic carbocycles. The van der Waals surface area contributed by atoms with E-state index in [1.807, 2.05) is 38.1 Å². The lowest BCUT2D eigenvalue weighted by molar-refractivity contribution is 0.448. The second-order valence-corrected chi connectivity index (χ2v) is 4.87. The molecule has 0 aliphatic rings. The van der Waals surface area contributed by atoms with Crippen molar-refractivity contribution in [2.45, 2.75) is 19.8 Å². The molecular formula is C12H13NO2S. The average Bonchev–Trinajstić information content (AvgIpc) is 2.58. The highest BCUT2D eigenvalue weighted by Crippen LogP contribution is 2.31. The van der Waals surface area contributed by atoms with Crippen LogP contribution in [0, 0.1) is 6.92 Å². The molecule has 2 aromatic rings. The molecule has 0 aliphatic heterocycles. The summed E-state index contributed by atoms with van der Waals surface area (Å²) in [6, 6.07) is 8.09. The van der Waals surface area contributed by atoms with Crippen LogP contribution in [0.15, 0.2) is 29.1 Å². The third-order valence-corrected chi connectivity index (χ3v) is 3.68. The molecule has 3 nitrogen and oxygen atoms in total. The second-order valence-electron chi connectivity index (χ2n) is 3.86. The molecule has 0 radical (unpaired) electrons. The lowest BCUT2D eigenvalue weighted by Gasteiger charge is -2.09. The topological polar surface area (TPSA) is 53.1 Å². The van der Waals surface area contributed by atoms with Crippen molar-refractivity contribution in [1.29, 1.82) is 0 Å². The first kappa shape index (κ1) is 11.0. The van der Waals surface area contributed by atoms with E-state index in [1.165, 1.54) is 5.56 Å². The average molecular weight is 235 g/mol. The fourth-order valence-corrected chi connectivity index (χ4v) is 2.44. The van der Waals surface area contributed by atoms with Crippen LogP contribution in [0.2, 0.25) is 0 Å². The first-order valence-corrected chi connectivity index (χ1v) is 5.88. The van der Waals surface area contributed by atoms with E-state index in [4.69, 9.17) is 0 Å². The molecule has 0 spiro atoms. The number of rotatable bonds is 2. The number of H-pyrrole nitrogens is 1. The maximum Gasteiger partial charge on any atom is 0.307 e. The van der Waals surface area contributed by atoms with Crippen LogP contribution in [-0.2, 0) is 0 Å². The van der Waals surface area contributed by atoms with E-state index in [9.17, 15) is 9.90 Å². The monoisotopic (exact) mass is 235 g/mol. The Kier molecular flexibility index (Phi) is 2.83. The Morgan fingerprint density at radius 1 is 1.31 bits per heavy atom. The van der Waals surface area contributed by atoms with Gasteiger partial charge in [-0.25, -0.2) is 0 Å². The summed E-state index contributed by atoms with van der Waals surface area (Å²) in [5.41, 5.74) is 2.29. The third-order valence-electron chi connectivity index (χ3n) is 2.63. The SMILES string of the molecule is Cc1ccc(C(C)c2sc(=O)[nH]c2O)cc1. The highest BCUT2D eigenvalue weighted by molar-refractivity contribution is 7.09. The highest BCUT2D eigenvalue weighted by Gasteiger charge is 2.16. The molecule has 1 unspecified atom stereocenters. The Labute approximate surface area is 97.4 Å². The summed E-state index contributed by atoms with van der Waals surface area (Å²) >= 11 is 1.06. The molecule has 1 atom stereocenters. The Morgan fingerprint density at radius 2 is 1.94 bits per heavy atom. The van der Waals surface area contributed by atoms with E-state index in [2.05, 4.69) is 4.98 Å². The molecule has 2 rings (SSSR count). The number of aromatic amines is 1. The van der Waals surface area contributed by atoms with E-state index in [1.54, 1.807) is 0 Å². The van der Waals surface area contributed by atoms with Gasteiger partial charge in [0.15, 0.2) is 0 Å². The van der Waals surface area contributed by atoms with Crippen LogP contribution in [-0.4, -0.2) is 10.1 Å². The van der Waals surface area contributed by atoms with Crippen LogP contribution in [0.25, 0.3) is 0 Å². The molecule has 0 aliphatic carbocycles. The van der Waals surface area contributed by atoms with Gasteiger partial charge in [-0.05, 0) is 12.5 Å². The van der Waals surface area contributed by atoms with Gasteiger partial charge < -0.3 is 5.11 Å². The molecule has 84 valence electrons. The van der Waals surface area contributed by atoms with Gasteiger partial charge in [-0.1, -0.05) is 48.1 Å². The minimum absolute atomic E-state index is 0.0110. The van der Waals surface area contributed by atoms with Gasteiger partial charge >= 0.3 is 4.87 Å². The zero-order valence-corrected chi connectivity index (χ0v) is 9.97. The van der Waals surface area contributed by atoms with E-state index >= 15 is 0 Å². The van der Waals surface area contributed by atoms with Crippen LogP contribution in [0.5, 0.6) is 5.88 Å². The first-order valence-electron chi connectivity index (χ1n) is 5.06. The number of nitrogens with one attached hydrogen (secondary N) is 1. The van der Waals surface area contributed by atoms with Gasteiger partial charge in [0.25, 0.3) is 0 Å². The van der Waals surface area contributed by atoms with Crippen molar-refractivity contribution in [2.75, 3.05) is 0 Å². The predicted molar refractivity (Wildman–Crippen MR) is 65.3 cm³/mol. The molecule has 2 N–H and O–H groups in total.